The maximum atomic E-state index is 12.8. The molecule has 3 N–H and O–H groups in total. The predicted octanol–water partition coefficient (Wildman–Crippen LogP) is 4.80. The number of halogens is 1. The highest BCUT2D eigenvalue weighted by atomic mass is 35.5. The highest BCUT2D eigenvalue weighted by Crippen LogP contribution is 2.30. The van der Waals surface area contributed by atoms with E-state index in [9.17, 15) is 9.90 Å². The summed E-state index contributed by atoms with van der Waals surface area (Å²) in [5.74, 6) is -0.433. The van der Waals surface area contributed by atoms with Crippen LogP contribution in [-0.2, 0) is 11.2 Å². The Morgan fingerprint density at radius 1 is 1.03 bits per heavy atom. The van der Waals surface area contributed by atoms with Gasteiger partial charge in [0.1, 0.15) is 0 Å². The lowest BCUT2D eigenvalue weighted by Crippen LogP contribution is -2.41. The van der Waals surface area contributed by atoms with Crippen molar-refractivity contribution in [3.63, 3.8) is 0 Å². The summed E-state index contributed by atoms with van der Waals surface area (Å²) < 4.78 is 0. The molecule has 29 heavy (non-hydrogen) atoms. The van der Waals surface area contributed by atoms with E-state index in [1.54, 1.807) is 0 Å². The molecular weight excluding hydrogens is 384 g/mol. The molecule has 1 amide bonds. The molecule has 0 aliphatic rings. The first-order valence-electron chi connectivity index (χ1n) is 9.71. The molecule has 5 heteroatoms. The topological polar surface area (TPSA) is 65.1 Å². The summed E-state index contributed by atoms with van der Waals surface area (Å²) in [6, 6.07) is 21.3. The summed E-state index contributed by atoms with van der Waals surface area (Å²) in [4.78, 5) is 16.2. The van der Waals surface area contributed by atoms with Gasteiger partial charge in [-0.3, -0.25) is 4.79 Å². The maximum absolute atomic E-state index is 12.8. The fourth-order valence-corrected chi connectivity index (χ4v) is 3.87. The number of hydrogen-bond acceptors (Lipinski definition) is 2. The number of rotatable bonds is 6. The van der Waals surface area contributed by atoms with Gasteiger partial charge in [-0.25, -0.2) is 0 Å². The molecule has 0 spiro atoms. The first-order valence-corrected chi connectivity index (χ1v) is 10.1. The van der Waals surface area contributed by atoms with Crippen molar-refractivity contribution in [1.82, 2.24) is 10.3 Å². The minimum absolute atomic E-state index is 0.0986. The molecule has 1 heterocycles. The lowest BCUT2D eigenvalue weighted by atomic mass is 9.97. The average Bonchev–Trinajstić information content (AvgIpc) is 3.10. The first-order chi connectivity index (χ1) is 14.0. The molecular formula is C24H23ClN2O2. The lowest BCUT2D eigenvalue weighted by Gasteiger charge is -2.20. The molecule has 148 valence electrons. The number of benzene rings is 3. The third kappa shape index (κ3) is 4.14. The van der Waals surface area contributed by atoms with Crippen LogP contribution in [0.4, 0.5) is 0 Å². The Morgan fingerprint density at radius 3 is 2.59 bits per heavy atom. The monoisotopic (exact) mass is 406 g/mol. The molecule has 0 saturated heterocycles. The van der Waals surface area contributed by atoms with Gasteiger partial charge in [-0.1, -0.05) is 54.1 Å². The zero-order chi connectivity index (χ0) is 20.4. The van der Waals surface area contributed by atoms with Gasteiger partial charge in [0.2, 0.25) is 5.91 Å². The Morgan fingerprint density at radius 2 is 1.83 bits per heavy atom. The summed E-state index contributed by atoms with van der Waals surface area (Å²) >= 11 is 6.13. The number of H-pyrrole nitrogens is 1. The number of amides is 1. The largest absolute Gasteiger partial charge is 0.394 e. The van der Waals surface area contributed by atoms with Crippen molar-refractivity contribution in [2.24, 2.45) is 0 Å². The molecule has 4 nitrogen and oxygen atoms in total. The molecule has 3 aromatic carbocycles. The smallest absolute Gasteiger partial charge is 0.227 e. The third-order valence-corrected chi connectivity index (χ3v) is 5.60. The van der Waals surface area contributed by atoms with Gasteiger partial charge in [0.25, 0.3) is 0 Å². The molecule has 0 unspecified atom stereocenters. The molecule has 0 aliphatic carbocycles. The second kappa shape index (κ2) is 8.27. The van der Waals surface area contributed by atoms with Gasteiger partial charge in [0, 0.05) is 26.8 Å². The quantitative estimate of drug-likeness (QED) is 0.430. The number of aliphatic hydroxyl groups excluding tert-OH is 1. The lowest BCUT2D eigenvalue weighted by molar-refractivity contribution is -0.123. The van der Waals surface area contributed by atoms with Gasteiger partial charge in [-0.2, -0.15) is 0 Å². The molecule has 0 saturated carbocycles. The molecule has 2 atom stereocenters. The highest BCUT2D eigenvalue weighted by molar-refractivity contribution is 6.31. The molecule has 0 aliphatic heterocycles. The van der Waals surface area contributed by atoms with Crippen LogP contribution in [0.5, 0.6) is 0 Å². The van der Waals surface area contributed by atoms with Gasteiger partial charge in [0.05, 0.1) is 18.6 Å². The number of nitrogens with one attached hydrogen (secondary N) is 2. The fourth-order valence-electron chi connectivity index (χ4n) is 3.70. The van der Waals surface area contributed by atoms with Crippen LogP contribution in [0.15, 0.2) is 66.7 Å². The summed E-state index contributed by atoms with van der Waals surface area (Å²) in [6.45, 7) is 1.78. The van der Waals surface area contributed by atoms with Crippen molar-refractivity contribution in [3.05, 3.63) is 82.9 Å². The van der Waals surface area contributed by atoms with Crippen molar-refractivity contribution in [1.29, 1.82) is 0 Å². The van der Waals surface area contributed by atoms with Crippen LogP contribution >= 0.6 is 11.6 Å². The Labute approximate surface area is 174 Å². The van der Waals surface area contributed by atoms with Gasteiger partial charge in [-0.15, -0.1) is 0 Å². The van der Waals surface area contributed by atoms with E-state index < -0.39 is 0 Å². The summed E-state index contributed by atoms with van der Waals surface area (Å²) in [5, 5.41) is 15.5. The fraction of sp³-hybridized carbons (Fsp3) is 0.208. The number of hydrogen-bond donors (Lipinski definition) is 3. The molecule has 4 rings (SSSR count). The minimum Gasteiger partial charge on any atom is -0.394 e. The summed E-state index contributed by atoms with van der Waals surface area (Å²) in [6.07, 6.45) is 0.595. The summed E-state index contributed by atoms with van der Waals surface area (Å²) in [7, 11) is 0. The van der Waals surface area contributed by atoms with Crippen LogP contribution in [-0.4, -0.2) is 28.6 Å². The normalized spacial score (nSPS) is 13.5. The van der Waals surface area contributed by atoms with E-state index in [1.807, 2.05) is 73.7 Å². The average molecular weight is 407 g/mol. The van der Waals surface area contributed by atoms with Gasteiger partial charge in [0.15, 0.2) is 0 Å². The first kappa shape index (κ1) is 19.5. The van der Waals surface area contributed by atoms with E-state index in [2.05, 4.69) is 10.3 Å². The van der Waals surface area contributed by atoms with Crippen LogP contribution < -0.4 is 5.32 Å². The maximum Gasteiger partial charge on any atom is 0.227 e. The standard InChI is InChI=1S/C24H23ClN2O2/c1-15(24(29)26-19(14-28)11-16-5-3-2-4-6-16)17-7-9-20-21-13-18(25)8-10-22(21)27-23(20)12-17/h2-10,12-13,15,19,27-28H,11,14H2,1H3,(H,26,29)/t15-,19-/m0/s1. The second-order valence-electron chi connectivity index (χ2n) is 7.42. The third-order valence-electron chi connectivity index (χ3n) is 5.37. The Bertz CT molecular complexity index is 1150. The van der Waals surface area contributed by atoms with E-state index >= 15 is 0 Å². The predicted molar refractivity (Wildman–Crippen MR) is 118 cm³/mol. The van der Waals surface area contributed by atoms with Crippen LogP contribution in [0, 0.1) is 0 Å². The number of aromatic nitrogens is 1. The van der Waals surface area contributed by atoms with Crippen LogP contribution in [0.25, 0.3) is 21.8 Å². The molecule has 0 fully saturated rings. The second-order valence-corrected chi connectivity index (χ2v) is 7.86. The van der Waals surface area contributed by atoms with E-state index in [-0.39, 0.29) is 24.5 Å². The van der Waals surface area contributed by atoms with E-state index in [0.717, 1.165) is 32.9 Å². The molecule has 1 aromatic heterocycles. The van der Waals surface area contributed by atoms with Crippen molar-refractivity contribution < 1.29 is 9.90 Å². The van der Waals surface area contributed by atoms with Gasteiger partial charge < -0.3 is 15.4 Å². The Balaban J connectivity index is 1.53. The number of carbonyl (C=O) groups excluding carboxylic acids is 1. The number of carbonyl (C=O) groups is 1. The van der Waals surface area contributed by atoms with Gasteiger partial charge in [-0.05, 0) is 48.7 Å². The SMILES string of the molecule is C[C@H](C(=O)N[C@H](CO)Cc1ccccc1)c1ccc2c(c1)[nH]c1ccc(Cl)cc12. The van der Waals surface area contributed by atoms with E-state index in [0.29, 0.717) is 11.4 Å². The van der Waals surface area contributed by atoms with Crippen LogP contribution in [0.1, 0.15) is 24.0 Å². The molecule has 0 bridgehead atoms. The van der Waals surface area contributed by atoms with Crippen LogP contribution in [0.3, 0.4) is 0 Å². The van der Waals surface area contributed by atoms with Crippen LogP contribution in [0.2, 0.25) is 5.02 Å². The Kier molecular flexibility index (Phi) is 5.56. The van der Waals surface area contributed by atoms with Crippen molar-refractivity contribution in [3.8, 4) is 0 Å². The van der Waals surface area contributed by atoms with Crippen molar-refractivity contribution in [2.45, 2.75) is 25.3 Å². The molecule has 0 radical (unpaired) electrons. The minimum atomic E-state index is -0.334. The number of fused-ring (bicyclic) bond motifs is 3. The van der Waals surface area contributed by atoms with Gasteiger partial charge >= 0.3 is 0 Å². The molecule has 4 aromatic rings. The Hall–Kier alpha value is -2.82. The number of aromatic amines is 1. The van der Waals surface area contributed by atoms with E-state index in [1.165, 1.54) is 0 Å². The zero-order valence-electron chi connectivity index (χ0n) is 16.2. The van der Waals surface area contributed by atoms with Crippen molar-refractivity contribution >= 4 is 39.3 Å². The van der Waals surface area contributed by atoms with Crippen molar-refractivity contribution in [2.75, 3.05) is 6.61 Å². The zero-order valence-corrected chi connectivity index (χ0v) is 16.9. The van der Waals surface area contributed by atoms with E-state index in [4.69, 9.17) is 11.6 Å². The number of aliphatic hydroxyl groups is 1. The summed E-state index contributed by atoms with van der Waals surface area (Å²) in [5.41, 5.74) is 3.99. The highest BCUT2D eigenvalue weighted by Gasteiger charge is 2.20.